The van der Waals surface area contributed by atoms with Gasteiger partial charge in [-0.25, -0.2) is 19.0 Å². The monoisotopic (exact) mass is 570 g/mol. The maximum atomic E-state index is 15.6. The second-order valence-corrected chi connectivity index (χ2v) is 9.86. The molecule has 1 aliphatic carbocycles. The average molecular weight is 571 g/mol. The van der Waals surface area contributed by atoms with Crippen molar-refractivity contribution in [2.75, 3.05) is 5.73 Å². The first-order chi connectivity index (χ1) is 19.1. The molecule has 1 aliphatic heterocycles. The third kappa shape index (κ3) is 3.87. The van der Waals surface area contributed by atoms with Crippen molar-refractivity contribution >= 4 is 40.5 Å². The number of alkyl halides is 1. The molecular weight excluding hydrogens is 551 g/mol. The highest BCUT2D eigenvalue weighted by Crippen LogP contribution is 2.58. The van der Waals surface area contributed by atoms with Gasteiger partial charge in [-0.2, -0.15) is 9.97 Å². The van der Waals surface area contributed by atoms with Crippen molar-refractivity contribution in [3.05, 3.63) is 66.0 Å². The van der Waals surface area contributed by atoms with Crippen LogP contribution in [0.1, 0.15) is 11.8 Å². The molecule has 0 bridgehead atoms. The Morgan fingerprint density at radius 2 is 1.77 bits per heavy atom. The van der Waals surface area contributed by atoms with Crippen LogP contribution >= 0.6 is 11.6 Å². The summed E-state index contributed by atoms with van der Waals surface area (Å²) in [6.45, 7) is 0. The molecule has 0 radical (unpaired) electrons. The maximum absolute atomic E-state index is 15.6. The number of anilines is 1. The van der Waals surface area contributed by atoms with Gasteiger partial charge in [0.05, 0.1) is 6.33 Å². The summed E-state index contributed by atoms with van der Waals surface area (Å²) in [5.74, 6) is -3.68. The largest absolute Gasteiger partial charge is 0.479 e. The van der Waals surface area contributed by atoms with E-state index < -0.39 is 54.2 Å². The Morgan fingerprint density at radius 1 is 1.12 bits per heavy atom. The number of hydrogen-bond donors (Lipinski definition) is 4. The number of hydrogen-bond acceptors (Lipinski definition) is 10. The summed E-state index contributed by atoms with van der Waals surface area (Å²) in [6.07, 6.45) is -2.76. The second kappa shape index (κ2) is 9.16. The fraction of sp³-hybridized carbons (Fsp3) is 0.280. The summed E-state index contributed by atoms with van der Waals surface area (Å²) in [6, 6.07) is 10.1. The molecular formula is C25H20ClFN6O7. The minimum atomic E-state index is -2.83. The molecule has 4 aromatic rings. The topological polar surface area (TPSA) is 196 Å². The summed E-state index contributed by atoms with van der Waals surface area (Å²) in [4.78, 5) is 40.4. The van der Waals surface area contributed by atoms with E-state index in [0.717, 1.165) is 15.7 Å². The molecule has 5 atom stereocenters. The summed E-state index contributed by atoms with van der Waals surface area (Å²) in [7, 11) is 0. The second-order valence-electron chi connectivity index (χ2n) is 9.52. The Kier molecular flexibility index (Phi) is 5.96. The number of aliphatic carboxylic acids is 2. The zero-order valence-electron chi connectivity index (χ0n) is 20.3. The van der Waals surface area contributed by atoms with Crippen LogP contribution in [-0.2, 0) is 25.5 Å². The Morgan fingerprint density at radius 3 is 2.38 bits per heavy atom. The van der Waals surface area contributed by atoms with Gasteiger partial charge in [-0.05, 0) is 40.4 Å². The number of carbonyl (C=O) groups is 2. The van der Waals surface area contributed by atoms with Crippen LogP contribution in [0.4, 0.5) is 10.2 Å². The van der Waals surface area contributed by atoms with Crippen molar-refractivity contribution in [2.45, 2.75) is 42.2 Å². The molecule has 1 saturated carbocycles. The van der Waals surface area contributed by atoms with Crippen LogP contribution in [-0.4, -0.2) is 81.3 Å². The van der Waals surface area contributed by atoms with E-state index in [1.807, 2.05) is 0 Å². The molecule has 5 N–H and O–H groups in total. The third-order valence-electron chi connectivity index (χ3n) is 7.19. The van der Waals surface area contributed by atoms with Gasteiger partial charge < -0.3 is 30.5 Å². The zero-order valence-corrected chi connectivity index (χ0v) is 21.0. The summed E-state index contributed by atoms with van der Waals surface area (Å²) >= 11 is 5.86. The van der Waals surface area contributed by atoms with Crippen LogP contribution < -0.4 is 5.73 Å². The van der Waals surface area contributed by atoms with Gasteiger partial charge >= 0.3 is 11.9 Å². The molecule has 1 saturated heterocycles. The molecule has 0 amide bonds. The normalized spacial score (nSPS) is 25.6. The molecule has 13 nitrogen and oxygen atoms in total. The predicted molar refractivity (Wildman–Crippen MR) is 135 cm³/mol. The molecule has 0 spiro atoms. The third-order valence-corrected chi connectivity index (χ3v) is 7.36. The highest BCUT2D eigenvalue weighted by Gasteiger charge is 2.80. The number of nitrogens with zero attached hydrogens (tertiary/aromatic N) is 5. The highest BCUT2D eigenvalue weighted by molar-refractivity contribution is 6.28. The van der Waals surface area contributed by atoms with Gasteiger partial charge in [0.15, 0.2) is 29.5 Å². The number of benzene rings is 1. The molecule has 2 aliphatic rings. The molecule has 3 aromatic heterocycles. The van der Waals surface area contributed by atoms with Crippen molar-refractivity contribution in [1.82, 2.24) is 24.5 Å². The van der Waals surface area contributed by atoms with E-state index in [1.54, 1.807) is 48.8 Å². The minimum Gasteiger partial charge on any atom is -0.479 e. The summed E-state index contributed by atoms with van der Waals surface area (Å²) in [5, 5.41) is 30.8. The number of pyridine rings is 1. The van der Waals surface area contributed by atoms with Gasteiger partial charge in [-0.3, -0.25) is 9.55 Å². The van der Waals surface area contributed by atoms with Crippen molar-refractivity contribution < 1.29 is 38.8 Å². The van der Waals surface area contributed by atoms with Gasteiger partial charge in [0.25, 0.3) is 5.60 Å². The maximum Gasteiger partial charge on any atom is 0.348 e. The first-order valence-corrected chi connectivity index (χ1v) is 12.3. The Balaban J connectivity index is 1.24. The fourth-order valence-electron chi connectivity index (χ4n) is 4.98. The van der Waals surface area contributed by atoms with Gasteiger partial charge in [-0.15, -0.1) is 0 Å². The number of halogens is 2. The molecule has 4 heterocycles. The van der Waals surface area contributed by atoms with Gasteiger partial charge in [-0.1, -0.05) is 24.3 Å². The van der Waals surface area contributed by atoms with E-state index in [9.17, 15) is 24.9 Å². The number of carboxylic acid groups (broad SMARTS) is 2. The lowest BCUT2D eigenvalue weighted by atomic mass is 9.93. The Bertz CT molecular complexity index is 1620. The lowest BCUT2D eigenvalue weighted by molar-refractivity contribution is -0.194. The average Bonchev–Trinajstić information content (AvgIpc) is 3.17. The molecule has 206 valence electrons. The molecule has 15 heteroatoms. The van der Waals surface area contributed by atoms with E-state index in [0.29, 0.717) is 5.56 Å². The Labute approximate surface area is 229 Å². The van der Waals surface area contributed by atoms with E-state index >= 15 is 4.39 Å². The molecule has 1 aromatic carbocycles. The van der Waals surface area contributed by atoms with Crippen LogP contribution in [0.3, 0.4) is 0 Å². The number of aliphatic hydroxyl groups is 1. The first kappa shape index (κ1) is 26.0. The van der Waals surface area contributed by atoms with Crippen LogP contribution in [0.2, 0.25) is 5.28 Å². The van der Waals surface area contributed by atoms with E-state index in [2.05, 4.69) is 19.9 Å². The van der Waals surface area contributed by atoms with E-state index in [1.165, 1.54) is 6.33 Å². The van der Waals surface area contributed by atoms with Crippen molar-refractivity contribution in [1.29, 1.82) is 0 Å². The summed E-state index contributed by atoms with van der Waals surface area (Å²) in [5.41, 5.74) is 2.79. The van der Waals surface area contributed by atoms with E-state index in [4.69, 9.17) is 26.8 Å². The van der Waals surface area contributed by atoms with Crippen molar-refractivity contribution in [3.63, 3.8) is 0 Å². The van der Waals surface area contributed by atoms with Gasteiger partial charge in [0.2, 0.25) is 5.28 Å². The van der Waals surface area contributed by atoms with Crippen LogP contribution in [0.25, 0.3) is 22.3 Å². The fourth-order valence-corrected chi connectivity index (χ4v) is 5.15. The number of nitrogen functional groups attached to an aromatic ring is 1. The minimum absolute atomic E-state index is 0.0475. The van der Waals surface area contributed by atoms with Crippen molar-refractivity contribution in [2.24, 2.45) is 0 Å². The smallest absolute Gasteiger partial charge is 0.348 e. The van der Waals surface area contributed by atoms with E-state index in [-0.39, 0.29) is 22.3 Å². The predicted octanol–water partition coefficient (Wildman–Crippen LogP) is 1.64. The number of ether oxygens (including phenoxy) is 2. The van der Waals surface area contributed by atoms with Gasteiger partial charge in [0.1, 0.15) is 17.7 Å². The Hall–Kier alpha value is -4.24. The number of rotatable bonds is 8. The number of nitrogens with two attached hydrogens (primary N) is 1. The quantitative estimate of drug-likeness (QED) is 0.177. The van der Waals surface area contributed by atoms with Gasteiger partial charge in [0, 0.05) is 18.8 Å². The van der Waals surface area contributed by atoms with Crippen molar-refractivity contribution in [3.8, 4) is 11.1 Å². The molecule has 6 rings (SSSR count). The first-order valence-electron chi connectivity index (χ1n) is 11.9. The number of imidazole rings is 1. The molecule has 5 unspecified atom stereocenters. The highest BCUT2D eigenvalue weighted by atomic mass is 35.5. The van der Waals surface area contributed by atoms with Crippen LogP contribution in [0.5, 0.6) is 0 Å². The summed E-state index contributed by atoms with van der Waals surface area (Å²) < 4.78 is 28.0. The van der Waals surface area contributed by atoms with Crippen LogP contribution in [0.15, 0.2) is 55.1 Å². The standard InChI is InChI=1S/C25H20ClFN6O7/c26-23-31-18(28)14-19(32-23)33(10-30-14)20-15(27)25(38)16(39-20)17(25)40-24(21(34)35,22(36)37)9-11-1-3-12(4-2-11)13-5-7-29-8-6-13/h1-8,10,15-17,20,38H,9H2,(H,34,35)(H,36,37)(H2,28,31,32). The SMILES string of the molecule is Nc1nc(Cl)nc2c1ncn2C1OC2C(OC(Cc3ccc(-c4ccncc4)cc3)(C(=O)O)C(=O)O)C2(O)C1F. The molecule has 40 heavy (non-hydrogen) atoms. The molecule has 2 fully saturated rings. The number of aromatic nitrogens is 5. The number of carboxylic acids is 2. The van der Waals surface area contributed by atoms with Crippen LogP contribution in [0, 0.1) is 0 Å². The zero-order chi connectivity index (χ0) is 28.4. The lowest BCUT2D eigenvalue weighted by Gasteiger charge is -2.28. The lowest BCUT2D eigenvalue weighted by Crippen LogP contribution is -2.53. The number of fused-ring (bicyclic) bond motifs is 2.